The van der Waals surface area contributed by atoms with Crippen LogP contribution in [-0.4, -0.2) is 22.3 Å². The molecule has 1 aromatic heterocycles. The van der Waals surface area contributed by atoms with E-state index in [0.717, 1.165) is 31.7 Å². The fourth-order valence-electron chi connectivity index (χ4n) is 2.76. The Morgan fingerprint density at radius 2 is 2.10 bits per heavy atom. The molecular weight excluding hydrogens is 269 g/mol. The zero-order valence-corrected chi connectivity index (χ0v) is 11.4. The van der Waals surface area contributed by atoms with Gasteiger partial charge in [0.1, 0.15) is 5.82 Å². The maximum atomic E-state index is 12.4. The van der Waals surface area contributed by atoms with E-state index in [2.05, 4.69) is 22.4 Å². The van der Waals surface area contributed by atoms with E-state index in [-0.39, 0.29) is 5.54 Å². The third-order valence-electron chi connectivity index (χ3n) is 4.15. The molecule has 0 bridgehead atoms. The van der Waals surface area contributed by atoms with Gasteiger partial charge >= 0.3 is 6.18 Å². The van der Waals surface area contributed by atoms with Crippen molar-refractivity contribution in [3.63, 3.8) is 0 Å². The van der Waals surface area contributed by atoms with E-state index in [1.54, 1.807) is 0 Å². The molecule has 0 saturated heterocycles. The fraction of sp³-hybridized carbons (Fsp3) is 0.692. The van der Waals surface area contributed by atoms with Crippen molar-refractivity contribution in [1.82, 2.24) is 10.2 Å². The molecule has 0 amide bonds. The van der Waals surface area contributed by atoms with Crippen LogP contribution in [0.25, 0.3) is 0 Å². The molecule has 2 unspecified atom stereocenters. The van der Waals surface area contributed by atoms with Crippen molar-refractivity contribution in [3.05, 3.63) is 17.8 Å². The Hall–Kier alpha value is -1.37. The van der Waals surface area contributed by atoms with Crippen molar-refractivity contribution >= 4 is 5.82 Å². The van der Waals surface area contributed by atoms with Gasteiger partial charge < -0.3 is 11.1 Å². The smallest absolute Gasteiger partial charge is 0.362 e. The lowest BCUT2D eigenvalue weighted by Gasteiger charge is -2.42. The summed E-state index contributed by atoms with van der Waals surface area (Å²) in [5.41, 5.74) is 4.60. The lowest BCUT2D eigenvalue weighted by atomic mass is 9.73. The van der Waals surface area contributed by atoms with E-state index in [1.807, 2.05) is 0 Å². The summed E-state index contributed by atoms with van der Waals surface area (Å²) in [6, 6.07) is 2.25. The summed E-state index contributed by atoms with van der Waals surface area (Å²) in [4.78, 5) is 0. The Morgan fingerprint density at radius 3 is 2.60 bits per heavy atom. The lowest BCUT2D eigenvalue weighted by Crippen LogP contribution is -2.52. The van der Waals surface area contributed by atoms with Crippen LogP contribution in [0.1, 0.15) is 38.3 Å². The molecule has 7 heteroatoms. The first-order chi connectivity index (χ1) is 9.37. The minimum Gasteiger partial charge on any atom is -0.362 e. The summed E-state index contributed by atoms with van der Waals surface area (Å²) in [5, 5.41) is 10.1. The van der Waals surface area contributed by atoms with Gasteiger partial charge in [-0.25, -0.2) is 0 Å². The van der Waals surface area contributed by atoms with Gasteiger partial charge in [0.05, 0.1) is 5.54 Å². The minimum atomic E-state index is -4.46. The normalized spacial score (nSPS) is 27.4. The molecule has 1 aliphatic carbocycles. The van der Waals surface area contributed by atoms with Crippen LogP contribution in [0, 0.1) is 5.92 Å². The highest BCUT2D eigenvalue weighted by molar-refractivity contribution is 5.38. The van der Waals surface area contributed by atoms with Crippen molar-refractivity contribution in [1.29, 1.82) is 0 Å². The quantitative estimate of drug-likeness (QED) is 0.897. The zero-order valence-electron chi connectivity index (χ0n) is 11.4. The molecule has 20 heavy (non-hydrogen) atoms. The van der Waals surface area contributed by atoms with Crippen LogP contribution in [0.5, 0.6) is 0 Å². The Bertz CT molecular complexity index is 446. The molecule has 112 valence electrons. The molecule has 1 heterocycles. The summed E-state index contributed by atoms with van der Waals surface area (Å²) >= 11 is 0. The highest BCUT2D eigenvalue weighted by Crippen LogP contribution is 2.35. The van der Waals surface area contributed by atoms with Gasteiger partial charge in [0.25, 0.3) is 0 Å². The highest BCUT2D eigenvalue weighted by Gasteiger charge is 2.38. The predicted octanol–water partition coefficient (Wildman–Crippen LogP) is 2.81. The first-order valence-corrected chi connectivity index (χ1v) is 6.76. The number of hydrogen-bond donors (Lipinski definition) is 2. The molecule has 4 nitrogen and oxygen atoms in total. The van der Waals surface area contributed by atoms with Gasteiger partial charge in [-0.2, -0.15) is 13.2 Å². The van der Waals surface area contributed by atoms with Crippen LogP contribution in [0.4, 0.5) is 19.0 Å². The molecule has 1 aromatic rings. The van der Waals surface area contributed by atoms with Gasteiger partial charge in [0.15, 0.2) is 5.69 Å². The largest absolute Gasteiger partial charge is 0.435 e. The third-order valence-corrected chi connectivity index (χ3v) is 4.15. The van der Waals surface area contributed by atoms with Crippen LogP contribution in [0.15, 0.2) is 12.1 Å². The minimum absolute atomic E-state index is 0.299. The van der Waals surface area contributed by atoms with Crippen molar-refractivity contribution in [2.75, 3.05) is 11.9 Å². The number of hydrogen-bond acceptors (Lipinski definition) is 4. The van der Waals surface area contributed by atoms with Crippen molar-refractivity contribution < 1.29 is 13.2 Å². The Morgan fingerprint density at radius 1 is 1.35 bits per heavy atom. The monoisotopic (exact) mass is 288 g/mol. The Balaban J connectivity index is 2.16. The van der Waals surface area contributed by atoms with E-state index < -0.39 is 11.9 Å². The van der Waals surface area contributed by atoms with Crippen LogP contribution >= 0.6 is 0 Å². The molecule has 3 N–H and O–H groups in total. The average Bonchev–Trinajstić information content (AvgIpc) is 2.41. The van der Waals surface area contributed by atoms with Crippen LogP contribution in [0.3, 0.4) is 0 Å². The summed E-state index contributed by atoms with van der Waals surface area (Å²) in [5.74, 6) is 0.697. The Kier molecular flexibility index (Phi) is 4.17. The highest BCUT2D eigenvalue weighted by atomic mass is 19.4. The summed E-state index contributed by atoms with van der Waals surface area (Å²) in [6.45, 7) is 2.54. The second-order valence-corrected chi connectivity index (χ2v) is 5.43. The lowest BCUT2D eigenvalue weighted by molar-refractivity contribution is -0.141. The maximum absolute atomic E-state index is 12.4. The van der Waals surface area contributed by atoms with E-state index >= 15 is 0 Å². The molecule has 1 saturated carbocycles. The van der Waals surface area contributed by atoms with Crippen LogP contribution in [-0.2, 0) is 6.18 Å². The molecule has 0 spiro atoms. The fourth-order valence-corrected chi connectivity index (χ4v) is 2.76. The third kappa shape index (κ3) is 3.03. The summed E-state index contributed by atoms with van der Waals surface area (Å²) in [6.07, 6.45) is -0.299. The van der Waals surface area contributed by atoms with E-state index in [9.17, 15) is 13.2 Å². The van der Waals surface area contributed by atoms with Gasteiger partial charge in [-0.3, -0.25) is 0 Å². The molecule has 0 aliphatic heterocycles. The van der Waals surface area contributed by atoms with Crippen molar-refractivity contribution in [2.45, 2.75) is 44.3 Å². The number of rotatable bonds is 3. The molecule has 2 atom stereocenters. The molecule has 1 fully saturated rings. The summed E-state index contributed by atoms with van der Waals surface area (Å²) in [7, 11) is 0. The average molecular weight is 288 g/mol. The SMILES string of the molecule is CC1CCCCC1(CN)Nc1ccc(C(F)(F)F)nn1. The molecule has 1 aliphatic rings. The topological polar surface area (TPSA) is 63.8 Å². The molecule has 2 rings (SSSR count). The Labute approximate surface area is 116 Å². The number of anilines is 1. The van der Waals surface area contributed by atoms with Gasteiger partial charge in [0, 0.05) is 6.54 Å². The molecule has 0 radical (unpaired) electrons. The number of halogens is 3. The number of nitrogens with two attached hydrogens (primary N) is 1. The first kappa shape index (κ1) is 15.0. The van der Waals surface area contributed by atoms with Gasteiger partial charge in [0.2, 0.25) is 0 Å². The van der Waals surface area contributed by atoms with Crippen LogP contribution < -0.4 is 11.1 Å². The molecular formula is C13H19F3N4. The first-order valence-electron chi connectivity index (χ1n) is 6.76. The second kappa shape index (κ2) is 5.55. The predicted molar refractivity (Wildman–Crippen MR) is 70.1 cm³/mol. The number of nitrogens with zero attached hydrogens (tertiary/aromatic N) is 2. The van der Waals surface area contributed by atoms with Gasteiger partial charge in [-0.05, 0) is 30.9 Å². The zero-order chi connectivity index (χ0) is 14.8. The van der Waals surface area contributed by atoms with Gasteiger partial charge in [-0.1, -0.05) is 19.8 Å². The van der Waals surface area contributed by atoms with Crippen molar-refractivity contribution in [3.8, 4) is 0 Å². The maximum Gasteiger partial charge on any atom is 0.435 e. The second-order valence-electron chi connectivity index (χ2n) is 5.43. The van der Waals surface area contributed by atoms with Crippen LogP contribution in [0.2, 0.25) is 0 Å². The summed E-state index contributed by atoms with van der Waals surface area (Å²) < 4.78 is 37.3. The van der Waals surface area contributed by atoms with Crippen molar-refractivity contribution in [2.24, 2.45) is 11.7 Å². The van der Waals surface area contributed by atoms with E-state index in [0.29, 0.717) is 18.3 Å². The number of aromatic nitrogens is 2. The standard InChI is InChI=1S/C13H19F3N4/c1-9-4-2-3-7-12(9,8-17)18-11-6-5-10(19-20-11)13(14,15)16/h5-6,9H,2-4,7-8,17H2,1H3,(H,18,20). The number of alkyl halides is 3. The van der Waals surface area contributed by atoms with E-state index in [1.165, 1.54) is 6.07 Å². The number of nitrogens with one attached hydrogen (secondary N) is 1. The van der Waals surface area contributed by atoms with Gasteiger partial charge in [-0.15, -0.1) is 10.2 Å². The molecule has 0 aromatic carbocycles. The van der Waals surface area contributed by atoms with E-state index in [4.69, 9.17) is 5.73 Å².